The van der Waals surface area contributed by atoms with E-state index in [1.807, 2.05) is 10.6 Å². The minimum Gasteiger partial charge on any atom is -0.290 e. The van der Waals surface area contributed by atoms with Crippen LogP contribution in [0.1, 0.15) is 0 Å². The summed E-state index contributed by atoms with van der Waals surface area (Å²) in [4.78, 5) is 8.37. The van der Waals surface area contributed by atoms with Crippen LogP contribution in [0, 0.1) is 7.27 Å². The van der Waals surface area contributed by atoms with Gasteiger partial charge in [-0.2, -0.15) is 0 Å². The van der Waals surface area contributed by atoms with Crippen LogP contribution in [-0.2, 0) is 0 Å². The normalized spacial score (nSPS) is 10.7. The molecule has 0 aliphatic heterocycles. The van der Waals surface area contributed by atoms with E-state index in [4.69, 9.17) is 0 Å². The summed E-state index contributed by atoms with van der Waals surface area (Å²) in [6, 6.07) is 0. The molecule has 0 unspecified atom stereocenters. The van der Waals surface area contributed by atoms with Gasteiger partial charge in [0.05, 0.1) is 3.57 Å². The second-order valence-electron chi connectivity index (χ2n) is 2.01. The standard InChI is InChI=1S/C6H3I2N3/c7-4-5(8)10-3-11-2-1-9-6(4)11/h1-3H. The highest BCUT2D eigenvalue weighted by Gasteiger charge is 2.03. The van der Waals surface area contributed by atoms with Crippen LogP contribution in [0.25, 0.3) is 5.65 Å². The van der Waals surface area contributed by atoms with E-state index in [0.717, 1.165) is 12.9 Å². The molecule has 2 aromatic heterocycles. The van der Waals surface area contributed by atoms with E-state index >= 15 is 0 Å². The van der Waals surface area contributed by atoms with Crippen LogP contribution < -0.4 is 0 Å². The van der Waals surface area contributed by atoms with E-state index in [9.17, 15) is 0 Å². The lowest BCUT2D eigenvalue weighted by atomic mass is 10.6. The summed E-state index contributed by atoms with van der Waals surface area (Å²) in [6.45, 7) is 0. The summed E-state index contributed by atoms with van der Waals surface area (Å²) in [6.07, 6.45) is 5.43. The number of rotatable bonds is 0. The highest BCUT2D eigenvalue weighted by Crippen LogP contribution is 2.15. The number of fused-ring (bicyclic) bond motifs is 1. The maximum absolute atomic E-state index is 4.19. The van der Waals surface area contributed by atoms with Crippen molar-refractivity contribution in [2.75, 3.05) is 0 Å². The Morgan fingerprint density at radius 1 is 1.27 bits per heavy atom. The second-order valence-corrected chi connectivity index (χ2v) is 4.11. The summed E-state index contributed by atoms with van der Waals surface area (Å²) >= 11 is 4.44. The molecule has 0 saturated carbocycles. The van der Waals surface area contributed by atoms with Gasteiger partial charge in [-0.05, 0) is 45.2 Å². The van der Waals surface area contributed by atoms with Gasteiger partial charge in [0, 0.05) is 12.4 Å². The molecule has 0 aliphatic rings. The first kappa shape index (κ1) is 7.71. The monoisotopic (exact) mass is 371 g/mol. The van der Waals surface area contributed by atoms with Crippen LogP contribution in [0.3, 0.4) is 0 Å². The largest absolute Gasteiger partial charge is 0.290 e. The predicted molar refractivity (Wildman–Crippen MR) is 58.4 cm³/mol. The SMILES string of the molecule is Ic1ncn2ccnc2c1I. The molecule has 5 heteroatoms. The van der Waals surface area contributed by atoms with Crippen molar-refractivity contribution in [2.24, 2.45) is 0 Å². The molecule has 0 radical (unpaired) electrons. The molecule has 56 valence electrons. The van der Waals surface area contributed by atoms with Crippen molar-refractivity contribution in [1.82, 2.24) is 14.4 Å². The van der Waals surface area contributed by atoms with Gasteiger partial charge < -0.3 is 0 Å². The third-order valence-electron chi connectivity index (χ3n) is 1.34. The van der Waals surface area contributed by atoms with Crippen molar-refractivity contribution in [2.45, 2.75) is 0 Å². The first-order chi connectivity index (χ1) is 5.29. The van der Waals surface area contributed by atoms with Gasteiger partial charge >= 0.3 is 0 Å². The third-order valence-corrected chi connectivity index (χ3v) is 4.18. The highest BCUT2D eigenvalue weighted by molar-refractivity contribution is 14.1. The van der Waals surface area contributed by atoms with Gasteiger partial charge in [-0.3, -0.25) is 4.40 Å². The Kier molecular flexibility index (Phi) is 2.00. The van der Waals surface area contributed by atoms with Crippen LogP contribution in [0.15, 0.2) is 18.7 Å². The summed E-state index contributed by atoms with van der Waals surface area (Å²) in [5.41, 5.74) is 0.977. The first-order valence-electron chi connectivity index (χ1n) is 2.91. The van der Waals surface area contributed by atoms with E-state index in [1.165, 1.54) is 0 Å². The summed E-state index contributed by atoms with van der Waals surface area (Å²) in [5.74, 6) is 0. The van der Waals surface area contributed by atoms with Crippen molar-refractivity contribution in [1.29, 1.82) is 0 Å². The lowest BCUT2D eigenvalue weighted by Gasteiger charge is -1.96. The van der Waals surface area contributed by atoms with Crippen molar-refractivity contribution < 1.29 is 0 Å². The predicted octanol–water partition coefficient (Wildman–Crippen LogP) is 1.94. The first-order valence-corrected chi connectivity index (χ1v) is 5.07. The van der Waals surface area contributed by atoms with Gasteiger partial charge in [-0.15, -0.1) is 0 Å². The fourth-order valence-corrected chi connectivity index (χ4v) is 1.76. The van der Waals surface area contributed by atoms with Crippen molar-refractivity contribution >= 4 is 50.8 Å². The molecule has 0 fully saturated rings. The van der Waals surface area contributed by atoms with Crippen LogP contribution >= 0.6 is 45.2 Å². The fourth-order valence-electron chi connectivity index (χ4n) is 0.838. The number of imidazole rings is 1. The molecule has 0 aromatic carbocycles. The van der Waals surface area contributed by atoms with E-state index in [-0.39, 0.29) is 0 Å². The van der Waals surface area contributed by atoms with E-state index in [1.54, 1.807) is 12.5 Å². The van der Waals surface area contributed by atoms with Gasteiger partial charge in [0.25, 0.3) is 0 Å². The van der Waals surface area contributed by atoms with Crippen molar-refractivity contribution in [3.05, 3.63) is 26.0 Å². The smallest absolute Gasteiger partial charge is 0.154 e. The molecule has 3 nitrogen and oxygen atoms in total. The summed E-state index contributed by atoms with van der Waals surface area (Å²) < 4.78 is 4.02. The average Bonchev–Trinajstić information content (AvgIpc) is 2.45. The van der Waals surface area contributed by atoms with Gasteiger partial charge in [-0.25, -0.2) is 9.97 Å². The zero-order valence-corrected chi connectivity index (χ0v) is 9.64. The van der Waals surface area contributed by atoms with Crippen molar-refractivity contribution in [3.63, 3.8) is 0 Å². The lowest BCUT2D eigenvalue weighted by Crippen LogP contribution is -1.93. The Balaban J connectivity index is 2.93. The Hall–Kier alpha value is 0.0800. The molecular formula is C6H3I2N3. The molecule has 11 heavy (non-hydrogen) atoms. The van der Waals surface area contributed by atoms with Gasteiger partial charge in [-0.1, -0.05) is 0 Å². The number of hydrogen-bond acceptors (Lipinski definition) is 2. The second kappa shape index (κ2) is 2.85. The number of nitrogens with zero attached hydrogens (tertiary/aromatic N) is 3. The number of halogens is 2. The van der Waals surface area contributed by atoms with Gasteiger partial charge in [0.15, 0.2) is 5.65 Å². The summed E-state index contributed by atoms with van der Waals surface area (Å²) in [5, 5.41) is 0. The van der Waals surface area contributed by atoms with Gasteiger partial charge in [0.1, 0.15) is 10.0 Å². The zero-order valence-electron chi connectivity index (χ0n) is 5.33. The summed E-state index contributed by atoms with van der Waals surface area (Å²) in [7, 11) is 0. The van der Waals surface area contributed by atoms with E-state index in [2.05, 4.69) is 55.1 Å². The van der Waals surface area contributed by atoms with Crippen LogP contribution in [0.4, 0.5) is 0 Å². The maximum atomic E-state index is 4.19. The number of aromatic nitrogens is 3. The molecule has 0 aliphatic carbocycles. The third kappa shape index (κ3) is 1.24. The minimum absolute atomic E-state index is 0.977. The van der Waals surface area contributed by atoms with E-state index in [0.29, 0.717) is 0 Å². The Bertz CT molecular complexity index is 396. The minimum atomic E-state index is 0.977. The molecule has 2 aromatic rings. The molecule has 0 spiro atoms. The van der Waals surface area contributed by atoms with Crippen LogP contribution in [-0.4, -0.2) is 14.4 Å². The Morgan fingerprint density at radius 2 is 2.09 bits per heavy atom. The topological polar surface area (TPSA) is 30.2 Å². The van der Waals surface area contributed by atoms with Crippen LogP contribution in [0.2, 0.25) is 0 Å². The molecule has 0 bridgehead atoms. The molecule has 2 heterocycles. The van der Waals surface area contributed by atoms with E-state index < -0.39 is 0 Å². The molecule has 0 atom stereocenters. The maximum Gasteiger partial charge on any atom is 0.154 e. The quantitative estimate of drug-likeness (QED) is 0.524. The Morgan fingerprint density at radius 3 is 2.91 bits per heavy atom. The fraction of sp³-hybridized carbons (Fsp3) is 0. The molecular weight excluding hydrogens is 368 g/mol. The van der Waals surface area contributed by atoms with Crippen molar-refractivity contribution in [3.8, 4) is 0 Å². The van der Waals surface area contributed by atoms with Gasteiger partial charge in [0.2, 0.25) is 0 Å². The highest BCUT2D eigenvalue weighted by atomic mass is 127. The molecule has 2 rings (SSSR count). The van der Waals surface area contributed by atoms with Crippen LogP contribution in [0.5, 0.6) is 0 Å². The zero-order chi connectivity index (χ0) is 7.84. The average molecular weight is 371 g/mol. The lowest BCUT2D eigenvalue weighted by molar-refractivity contribution is 1.05. The Labute approximate surface area is 90.5 Å². The molecule has 0 saturated heterocycles. The molecule has 0 amide bonds. The number of hydrogen-bond donors (Lipinski definition) is 0. The molecule has 0 N–H and O–H groups in total.